The molecule has 1 aliphatic carbocycles. The Bertz CT molecular complexity index is 397. The largest absolute Gasteiger partial charge is 0.368 e. The fraction of sp³-hybridized carbons (Fsp3) is 0.600. The minimum Gasteiger partial charge on any atom is -0.368 e. The summed E-state index contributed by atoms with van der Waals surface area (Å²) in [6.45, 7) is 5.33. The average molecular weight is 311 g/mol. The van der Waals surface area contributed by atoms with Gasteiger partial charge in [0, 0.05) is 23.1 Å². The van der Waals surface area contributed by atoms with Gasteiger partial charge in [0.2, 0.25) is 0 Å². The van der Waals surface area contributed by atoms with Crippen LogP contribution in [0.15, 0.2) is 22.7 Å². The van der Waals surface area contributed by atoms with Crippen LogP contribution in [-0.2, 0) is 0 Å². The zero-order chi connectivity index (χ0) is 13.1. The first-order valence-electron chi connectivity index (χ1n) is 6.95. The lowest BCUT2D eigenvalue weighted by Gasteiger charge is -2.31. The summed E-state index contributed by atoms with van der Waals surface area (Å²) in [6.07, 6.45) is 5.40. The lowest BCUT2D eigenvalue weighted by Crippen LogP contribution is -2.33. The van der Waals surface area contributed by atoms with Gasteiger partial charge in [-0.25, -0.2) is 0 Å². The SMILES string of the molecule is CCN(c1ccc(C(C)N)cc1Br)C1CCCC1. The topological polar surface area (TPSA) is 29.3 Å². The van der Waals surface area contributed by atoms with Crippen molar-refractivity contribution in [2.75, 3.05) is 11.4 Å². The van der Waals surface area contributed by atoms with E-state index in [0.29, 0.717) is 6.04 Å². The first kappa shape index (κ1) is 13.9. The van der Waals surface area contributed by atoms with Gasteiger partial charge in [0.05, 0.1) is 5.69 Å². The molecule has 2 nitrogen and oxygen atoms in total. The molecule has 1 unspecified atom stereocenters. The van der Waals surface area contributed by atoms with Crippen LogP contribution in [0.4, 0.5) is 5.69 Å². The third-order valence-corrected chi connectivity index (χ3v) is 4.55. The maximum atomic E-state index is 5.93. The number of rotatable bonds is 4. The lowest BCUT2D eigenvalue weighted by molar-refractivity contribution is 0.618. The third kappa shape index (κ3) is 2.89. The summed E-state index contributed by atoms with van der Waals surface area (Å²) < 4.78 is 1.17. The first-order valence-corrected chi connectivity index (χ1v) is 7.74. The van der Waals surface area contributed by atoms with Crippen molar-refractivity contribution in [3.63, 3.8) is 0 Å². The van der Waals surface area contributed by atoms with Crippen LogP contribution in [0, 0.1) is 0 Å². The van der Waals surface area contributed by atoms with Crippen molar-refractivity contribution in [3.05, 3.63) is 28.2 Å². The van der Waals surface area contributed by atoms with Crippen LogP contribution in [0.5, 0.6) is 0 Å². The Morgan fingerprint density at radius 3 is 2.56 bits per heavy atom. The van der Waals surface area contributed by atoms with Gasteiger partial charge in [0.1, 0.15) is 0 Å². The van der Waals surface area contributed by atoms with E-state index >= 15 is 0 Å². The Morgan fingerprint density at radius 2 is 2.06 bits per heavy atom. The summed E-state index contributed by atoms with van der Waals surface area (Å²) in [5, 5.41) is 0. The molecule has 0 bridgehead atoms. The van der Waals surface area contributed by atoms with Gasteiger partial charge < -0.3 is 10.6 Å². The molecule has 1 aromatic carbocycles. The second-order valence-corrected chi connectivity index (χ2v) is 6.08. The molecule has 0 heterocycles. The van der Waals surface area contributed by atoms with Crippen LogP contribution in [0.3, 0.4) is 0 Å². The van der Waals surface area contributed by atoms with E-state index in [4.69, 9.17) is 5.73 Å². The highest BCUT2D eigenvalue weighted by molar-refractivity contribution is 9.10. The number of hydrogen-bond donors (Lipinski definition) is 1. The molecule has 1 atom stereocenters. The Hall–Kier alpha value is -0.540. The molecule has 2 rings (SSSR count). The average Bonchev–Trinajstić information content (AvgIpc) is 2.85. The van der Waals surface area contributed by atoms with Gasteiger partial charge >= 0.3 is 0 Å². The van der Waals surface area contributed by atoms with E-state index in [9.17, 15) is 0 Å². The second-order valence-electron chi connectivity index (χ2n) is 5.22. The maximum absolute atomic E-state index is 5.93. The molecule has 1 aliphatic rings. The molecule has 0 amide bonds. The summed E-state index contributed by atoms with van der Waals surface area (Å²) in [4.78, 5) is 2.53. The van der Waals surface area contributed by atoms with Gasteiger partial charge in [0.15, 0.2) is 0 Å². The van der Waals surface area contributed by atoms with E-state index in [1.165, 1.54) is 41.4 Å². The first-order chi connectivity index (χ1) is 8.63. The zero-order valence-electron chi connectivity index (χ0n) is 11.3. The minimum atomic E-state index is 0.0944. The molecular formula is C15H23BrN2. The highest BCUT2D eigenvalue weighted by Gasteiger charge is 2.23. The molecular weight excluding hydrogens is 288 g/mol. The Kier molecular flexibility index (Phi) is 4.68. The van der Waals surface area contributed by atoms with Crippen molar-refractivity contribution >= 4 is 21.6 Å². The van der Waals surface area contributed by atoms with Gasteiger partial charge in [-0.1, -0.05) is 18.9 Å². The predicted octanol–water partition coefficient (Wildman–Crippen LogP) is 4.24. The summed E-state index contributed by atoms with van der Waals surface area (Å²) in [5.74, 6) is 0. The molecule has 3 heteroatoms. The predicted molar refractivity (Wildman–Crippen MR) is 82.0 cm³/mol. The summed E-state index contributed by atoms with van der Waals surface area (Å²) in [6, 6.07) is 7.34. The molecule has 1 fully saturated rings. The zero-order valence-corrected chi connectivity index (χ0v) is 12.9. The van der Waals surface area contributed by atoms with Gasteiger partial charge in [0.25, 0.3) is 0 Å². The van der Waals surface area contributed by atoms with Gasteiger partial charge in [-0.05, 0) is 60.3 Å². The fourth-order valence-corrected chi connectivity index (χ4v) is 3.50. The Labute approximate surface area is 119 Å². The molecule has 0 aromatic heterocycles. The molecule has 0 saturated heterocycles. The van der Waals surface area contributed by atoms with Gasteiger partial charge in [-0.2, -0.15) is 0 Å². The highest BCUT2D eigenvalue weighted by Crippen LogP contribution is 2.34. The Balaban J connectivity index is 2.25. The van der Waals surface area contributed by atoms with E-state index in [1.54, 1.807) is 0 Å². The van der Waals surface area contributed by atoms with Gasteiger partial charge in [-0.3, -0.25) is 0 Å². The van der Waals surface area contributed by atoms with Crippen molar-refractivity contribution in [1.29, 1.82) is 0 Å². The number of nitrogens with two attached hydrogens (primary N) is 1. The number of nitrogens with zero attached hydrogens (tertiary/aromatic N) is 1. The van der Waals surface area contributed by atoms with Crippen molar-refractivity contribution in [2.24, 2.45) is 5.73 Å². The van der Waals surface area contributed by atoms with Gasteiger partial charge in [-0.15, -0.1) is 0 Å². The molecule has 1 saturated carbocycles. The lowest BCUT2D eigenvalue weighted by atomic mass is 10.1. The standard InChI is InChI=1S/C15H23BrN2/c1-3-18(13-6-4-5-7-13)15-9-8-12(11(2)17)10-14(15)16/h8-11,13H,3-7,17H2,1-2H3. The van der Waals surface area contributed by atoms with Crippen molar-refractivity contribution in [3.8, 4) is 0 Å². The fourth-order valence-electron chi connectivity index (χ4n) is 2.88. The van der Waals surface area contributed by atoms with Crippen molar-refractivity contribution in [2.45, 2.75) is 51.6 Å². The Morgan fingerprint density at radius 1 is 1.39 bits per heavy atom. The van der Waals surface area contributed by atoms with Crippen LogP contribution >= 0.6 is 15.9 Å². The third-order valence-electron chi connectivity index (χ3n) is 3.91. The van der Waals surface area contributed by atoms with E-state index < -0.39 is 0 Å². The normalized spacial score (nSPS) is 18.0. The number of benzene rings is 1. The van der Waals surface area contributed by atoms with Crippen LogP contribution in [0.2, 0.25) is 0 Å². The summed E-state index contributed by atoms with van der Waals surface area (Å²) in [5.41, 5.74) is 8.43. The van der Waals surface area contributed by atoms with E-state index in [-0.39, 0.29) is 6.04 Å². The van der Waals surface area contributed by atoms with Crippen molar-refractivity contribution < 1.29 is 0 Å². The molecule has 18 heavy (non-hydrogen) atoms. The molecule has 2 N–H and O–H groups in total. The van der Waals surface area contributed by atoms with Crippen LogP contribution < -0.4 is 10.6 Å². The number of halogens is 1. The van der Waals surface area contributed by atoms with Crippen LogP contribution in [0.25, 0.3) is 0 Å². The smallest absolute Gasteiger partial charge is 0.0513 e. The van der Waals surface area contributed by atoms with Crippen molar-refractivity contribution in [1.82, 2.24) is 0 Å². The maximum Gasteiger partial charge on any atom is 0.0513 e. The minimum absolute atomic E-state index is 0.0944. The second kappa shape index (κ2) is 6.07. The molecule has 100 valence electrons. The summed E-state index contributed by atoms with van der Waals surface area (Å²) >= 11 is 3.71. The monoisotopic (exact) mass is 310 g/mol. The highest BCUT2D eigenvalue weighted by atomic mass is 79.9. The molecule has 0 radical (unpaired) electrons. The van der Waals surface area contributed by atoms with Crippen LogP contribution in [-0.4, -0.2) is 12.6 Å². The molecule has 1 aromatic rings. The van der Waals surface area contributed by atoms with Crippen LogP contribution in [0.1, 0.15) is 51.1 Å². The molecule has 0 spiro atoms. The van der Waals surface area contributed by atoms with E-state index in [0.717, 1.165) is 6.54 Å². The number of hydrogen-bond acceptors (Lipinski definition) is 2. The molecule has 0 aliphatic heterocycles. The van der Waals surface area contributed by atoms with E-state index in [2.05, 4.69) is 46.0 Å². The summed E-state index contributed by atoms with van der Waals surface area (Å²) in [7, 11) is 0. The quantitative estimate of drug-likeness (QED) is 0.901. The number of anilines is 1. The van der Waals surface area contributed by atoms with E-state index in [1.807, 2.05) is 6.92 Å².